The van der Waals surface area contributed by atoms with Crippen molar-refractivity contribution in [3.05, 3.63) is 41.6 Å². The largest absolute Gasteiger partial charge is 0.473 e. The molecule has 33 heavy (non-hydrogen) atoms. The first kappa shape index (κ1) is 22.8. The van der Waals surface area contributed by atoms with Gasteiger partial charge in [-0.25, -0.2) is 13.5 Å². The van der Waals surface area contributed by atoms with Crippen molar-refractivity contribution >= 4 is 0 Å². The molecule has 1 saturated carbocycles. The van der Waals surface area contributed by atoms with E-state index in [2.05, 4.69) is 18.7 Å². The van der Waals surface area contributed by atoms with Crippen molar-refractivity contribution in [2.45, 2.75) is 76.9 Å². The average molecular weight is 460 g/mol. The molecule has 3 heterocycles. The number of likely N-dealkylation sites (tertiary alicyclic amines) is 1. The van der Waals surface area contributed by atoms with Gasteiger partial charge in [0.2, 0.25) is 5.88 Å². The number of aromatic nitrogens is 2. The molecule has 0 amide bonds. The van der Waals surface area contributed by atoms with Gasteiger partial charge >= 0.3 is 0 Å². The molecule has 3 aliphatic rings. The number of ether oxygens (including phenoxy) is 2. The number of hydrogen-bond donors (Lipinski definition) is 0. The number of nitrogens with zero attached hydrogens (tertiary/aromatic N) is 3. The molecule has 0 radical (unpaired) electrons. The van der Waals surface area contributed by atoms with E-state index in [-0.39, 0.29) is 17.6 Å². The van der Waals surface area contributed by atoms with E-state index in [0.29, 0.717) is 17.3 Å². The van der Waals surface area contributed by atoms with Crippen LogP contribution in [0.2, 0.25) is 0 Å². The van der Waals surface area contributed by atoms with Crippen molar-refractivity contribution in [1.29, 1.82) is 0 Å². The molecule has 0 atom stereocenters. The third kappa shape index (κ3) is 4.80. The molecular formula is C26H35F2N3O2. The Labute approximate surface area is 195 Å². The van der Waals surface area contributed by atoms with Crippen LogP contribution < -0.4 is 4.74 Å². The number of alkyl halides is 2. The lowest BCUT2D eigenvalue weighted by atomic mass is 9.67. The summed E-state index contributed by atoms with van der Waals surface area (Å²) in [5.41, 5.74) is 2.31. The minimum Gasteiger partial charge on any atom is -0.473 e. The molecule has 0 unspecified atom stereocenters. The summed E-state index contributed by atoms with van der Waals surface area (Å²) in [6.45, 7) is 8.49. The molecule has 5 rings (SSSR count). The minimum absolute atomic E-state index is 0.0241. The first-order valence-corrected chi connectivity index (χ1v) is 12.4. The van der Waals surface area contributed by atoms with Crippen molar-refractivity contribution in [3.8, 4) is 11.6 Å². The second kappa shape index (κ2) is 9.34. The lowest BCUT2D eigenvalue weighted by molar-refractivity contribution is -0.0919. The highest BCUT2D eigenvalue weighted by Crippen LogP contribution is 2.46. The van der Waals surface area contributed by atoms with E-state index in [4.69, 9.17) is 14.6 Å². The van der Waals surface area contributed by atoms with Crippen LogP contribution in [0.5, 0.6) is 5.88 Å². The maximum Gasteiger partial charge on any atom is 0.263 e. The predicted molar refractivity (Wildman–Crippen MR) is 123 cm³/mol. The molecule has 5 nitrogen and oxygen atoms in total. The van der Waals surface area contributed by atoms with Crippen molar-refractivity contribution in [2.24, 2.45) is 5.41 Å². The Morgan fingerprint density at radius 2 is 1.70 bits per heavy atom. The second-order valence-electron chi connectivity index (χ2n) is 10.4. The van der Waals surface area contributed by atoms with E-state index in [1.54, 1.807) is 12.1 Å². The molecule has 1 aliphatic carbocycles. The summed E-state index contributed by atoms with van der Waals surface area (Å²) in [6.07, 6.45) is 4.63. The molecule has 7 heteroatoms. The van der Waals surface area contributed by atoms with Gasteiger partial charge in [-0.05, 0) is 62.0 Å². The molecule has 1 spiro atoms. The zero-order valence-electron chi connectivity index (χ0n) is 19.7. The SMILES string of the molecule is CC(C)c1cc(OC2CCC3(CC2)CN(C2CCOCC2)C3)nn1-c1ccc(C(F)F)cc1. The monoisotopic (exact) mass is 459 g/mol. The topological polar surface area (TPSA) is 39.5 Å². The lowest BCUT2D eigenvalue weighted by Crippen LogP contribution is -2.62. The maximum absolute atomic E-state index is 12.9. The maximum atomic E-state index is 12.9. The van der Waals surface area contributed by atoms with Gasteiger partial charge in [-0.2, -0.15) is 0 Å². The fourth-order valence-corrected chi connectivity index (χ4v) is 5.74. The van der Waals surface area contributed by atoms with Gasteiger partial charge in [-0.15, -0.1) is 5.10 Å². The van der Waals surface area contributed by atoms with Gasteiger partial charge in [0.15, 0.2) is 0 Å². The van der Waals surface area contributed by atoms with Crippen molar-refractivity contribution < 1.29 is 18.3 Å². The van der Waals surface area contributed by atoms with Crippen molar-refractivity contribution in [2.75, 3.05) is 26.3 Å². The highest BCUT2D eigenvalue weighted by Gasteiger charge is 2.47. The van der Waals surface area contributed by atoms with Crippen LogP contribution >= 0.6 is 0 Å². The zero-order valence-corrected chi connectivity index (χ0v) is 19.7. The zero-order chi connectivity index (χ0) is 23.0. The first-order valence-electron chi connectivity index (χ1n) is 12.4. The smallest absolute Gasteiger partial charge is 0.263 e. The number of halogens is 2. The highest BCUT2D eigenvalue weighted by molar-refractivity contribution is 5.38. The van der Waals surface area contributed by atoms with Crippen LogP contribution in [0, 0.1) is 5.41 Å². The molecule has 180 valence electrons. The fraction of sp³-hybridized carbons (Fsp3) is 0.654. The molecule has 2 aliphatic heterocycles. The Morgan fingerprint density at radius 1 is 1.03 bits per heavy atom. The van der Waals surface area contributed by atoms with Gasteiger partial charge < -0.3 is 9.47 Å². The average Bonchev–Trinajstić information content (AvgIpc) is 3.23. The van der Waals surface area contributed by atoms with E-state index in [9.17, 15) is 8.78 Å². The molecular weight excluding hydrogens is 424 g/mol. The summed E-state index contributed by atoms with van der Waals surface area (Å²) in [5.74, 6) is 0.875. The summed E-state index contributed by atoms with van der Waals surface area (Å²) in [7, 11) is 0. The van der Waals surface area contributed by atoms with Crippen molar-refractivity contribution in [3.63, 3.8) is 0 Å². The van der Waals surface area contributed by atoms with Gasteiger partial charge in [0.1, 0.15) is 6.10 Å². The summed E-state index contributed by atoms with van der Waals surface area (Å²) >= 11 is 0. The Hall–Kier alpha value is -1.99. The van der Waals surface area contributed by atoms with Crippen LogP contribution in [0.25, 0.3) is 5.69 Å². The normalized spacial score (nSPS) is 22.2. The molecule has 2 saturated heterocycles. The number of rotatable bonds is 6. The van der Waals surface area contributed by atoms with Gasteiger partial charge in [-0.3, -0.25) is 4.90 Å². The van der Waals surface area contributed by atoms with Crippen molar-refractivity contribution in [1.82, 2.24) is 14.7 Å². The highest BCUT2D eigenvalue weighted by atomic mass is 19.3. The quantitative estimate of drug-likeness (QED) is 0.553. The van der Waals surface area contributed by atoms with E-state index in [1.807, 2.05) is 10.7 Å². The van der Waals surface area contributed by atoms with E-state index < -0.39 is 6.43 Å². The molecule has 3 fully saturated rings. The third-order valence-electron chi connectivity index (χ3n) is 7.76. The Balaban J connectivity index is 1.19. The first-order chi connectivity index (χ1) is 15.9. The number of benzene rings is 1. The Morgan fingerprint density at radius 3 is 2.30 bits per heavy atom. The van der Waals surface area contributed by atoms with Crippen LogP contribution in [0.4, 0.5) is 8.78 Å². The lowest BCUT2D eigenvalue weighted by Gasteiger charge is -2.56. The van der Waals surface area contributed by atoms with Crippen LogP contribution in [0.15, 0.2) is 30.3 Å². The van der Waals surface area contributed by atoms with Gasteiger partial charge in [0, 0.05) is 44.0 Å². The van der Waals surface area contributed by atoms with Crippen LogP contribution in [0.1, 0.15) is 76.0 Å². The third-order valence-corrected chi connectivity index (χ3v) is 7.76. The fourth-order valence-electron chi connectivity index (χ4n) is 5.74. The van der Waals surface area contributed by atoms with Gasteiger partial charge in [0.25, 0.3) is 6.43 Å². The Bertz CT molecular complexity index is 922. The minimum atomic E-state index is -2.46. The second-order valence-corrected chi connectivity index (χ2v) is 10.4. The van der Waals surface area contributed by atoms with Crippen LogP contribution in [-0.4, -0.2) is 53.1 Å². The van der Waals surface area contributed by atoms with Crippen LogP contribution in [0.3, 0.4) is 0 Å². The predicted octanol–water partition coefficient (Wildman–Crippen LogP) is 5.74. The number of hydrogen-bond acceptors (Lipinski definition) is 4. The molecule has 2 aromatic rings. The molecule has 1 aromatic heterocycles. The van der Waals surface area contributed by atoms with E-state index in [0.717, 1.165) is 37.4 Å². The van der Waals surface area contributed by atoms with Gasteiger partial charge in [0.05, 0.1) is 11.4 Å². The summed E-state index contributed by atoms with van der Waals surface area (Å²) in [4.78, 5) is 2.67. The Kier molecular flexibility index (Phi) is 6.45. The molecule has 0 N–H and O–H groups in total. The standard InChI is InChI=1S/C26H35F2N3O2/c1-18(2)23-15-24(29-31(23)21-5-3-19(4-6-21)25(27)28)33-22-7-11-26(12-8-22)16-30(17-26)20-9-13-32-14-10-20/h3-6,15,18,20,22,25H,7-14,16-17H2,1-2H3. The van der Waals surface area contributed by atoms with Crippen LogP contribution in [-0.2, 0) is 4.74 Å². The summed E-state index contributed by atoms with van der Waals surface area (Å²) in [6, 6.07) is 9.06. The molecule has 1 aromatic carbocycles. The molecule has 0 bridgehead atoms. The summed E-state index contributed by atoms with van der Waals surface area (Å²) in [5, 5.41) is 4.70. The van der Waals surface area contributed by atoms with Gasteiger partial charge in [-0.1, -0.05) is 26.0 Å². The van der Waals surface area contributed by atoms with E-state index >= 15 is 0 Å². The van der Waals surface area contributed by atoms with E-state index in [1.165, 1.54) is 50.9 Å². The summed E-state index contributed by atoms with van der Waals surface area (Å²) < 4.78 is 39.5.